The van der Waals surface area contributed by atoms with Crippen LogP contribution in [0.25, 0.3) is 0 Å². The molecule has 46 heavy (non-hydrogen) atoms. The van der Waals surface area contributed by atoms with E-state index in [0.717, 1.165) is 77.0 Å². The van der Waals surface area contributed by atoms with Crippen LogP contribution < -0.4 is 10.1 Å². The molecule has 5 atom stereocenters. The lowest BCUT2D eigenvalue weighted by Crippen LogP contribution is -2.67. The van der Waals surface area contributed by atoms with Crippen LogP contribution in [0.15, 0.2) is 18.2 Å². The minimum Gasteiger partial charge on any atom is -0.494 e. The van der Waals surface area contributed by atoms with Crippen LogP contribution in [0.3, 0.4) is 0 Å². The molecule has 0 spiro atoms. The number of nitrogens with zero attached hydrogens (tertiary/aromatic N) is 1. The second kappa shape index (κ2) is 13.6. The van der Waals surface area contributed by atoms with E-state index in [9.17, 15) is 39.5 Å². The van der Waals surface area contributed by atoms with Crippen molar-refractivity contribution in [2.24, 2.45) is 17.3 Å². The molecule has 0 unspecified atom stereocenters. The fourth-order valence-corrected chi connectivity index (χ4v) is 8.52. The van der Waals surface area contributed by atoms with Crippen molar-refractivity contribution in [3.05, 3.63) is 29.3 Å². The number of alkyl halides is 9. The summed E-state index contributed by atoms with van der Waals surface area (Å²) in [5.41, 5.74) is -3.83. The van der Waals surface area contributed by atoms with Crippen molar-refractivity contribution >= 4 is 0 Å². The Kier molecular flexibility index (Phi) is 10.5. The van der Waals surface area contributed by atoms with E-state index in [1.165, 1.54) is 11.1 Å². The Balaban J connectivity index is 1.12. The maximum atomic E-state index is 13.1. The summed E-state index contributed by atoms with van der Waals surface area (Å²) in [5, 5.41) is 3.35. The number of fused-ring (bicyclic) bond motifs is 5. The molecule has 262 valence electrons. The highest BCUT2D eigenvalue weighted by molar-refractivity contribution is 5.40. The summed E-state index contributed by atoms with van der Waals surface area (Å²) in [6.07, 6.45) is -14.8. The number of hydrogen-bond donors (Lipinski definition) is 1. The van der Waals surface area contributed by atoms with Crippen molar-refractivity contribution in [3.8, 4) is 5.75 Å². The van der Waals surface area contributed by atoms with Gasteiger partial charge >= 0.3 is 24.1 Å². The molecule has 0 bridgehead atoms. The van der Waals surface area contributed by atoms with Gasteiger partial charge < -0.3 is 24.4 Å². The summed E-state index contributed by atoms with van der Waals surface area (Å²) in [6, 6.07) is 6.40. The summed E-state index contributed by atoms with van der Waals surface area (Å²) in [7, 11) is 0. The number of aryl methyl sites for hydroxylation is 1. The molecule has 5 rings (SSSR count). The molecular formula is C32H43F9N2O3. The normalized spacial score (nSPS) is 29.3. The molecule has 4 aliphatic rings. The Morgan fingerprint density at radius 3 is 2.22 bits per heavy atom. The number of ether oxygens (including phenoxy) is 3. The van der Waals surface area contributed by atoms with Gasteiger partial charge in [0.05, 0.1) is 19.3 Å². The summed E-state index contributed by atoms with van der Waals surface area (Å²) in [5.74, 6) is 2.01. The summed E-state index contributed by atoms with van der Waals surface area (Å²) < 4.78 is 134. The summed E-state index contributed by atoms with van der Waals surface area (Å²) >= 11 is 0. The van der Waals surface area contributed by atoms with Gasteiger partial charge in [-0.3, -0.25) is 0 Å². The van der Waals surface area contributed by atoms with E-state index in [1.807, 2.05) is 6.07 Å². The van der Waals surface area contributed by atoms with E-state index >= 15 is 0 Å². The Morgan fingerprint density at radius 2 is 1.54 bits per heavy atom. The zero-order valence-corrected chi connectivity index (χ0v) is 25.9. The maximum absolute atomic E-state index is 13.1. The molecule has 14 heteroatoms. The van der Waals surface area contributed by atoms with Crippen LogP contribution in [-0.4, -0.2) is 87.7 Å². The molecule has 3 aliphatic carbocycles. The molecule has 2 saturated carbocycles. The Morgan fingerprint density at radius 1 is 0.848 bits per heavy atom. The van der Waals surface area contributed by atoms with Gasteiger partial charge in [-0.15, -0.1) is 0 Å². The first-order valence-corrected chi connectivity index (χ1v) is 16.2. The van der Waals surface area contributed by atoms with Crippen LogP contribution in [0.5, 0.6) is 5.75 Å². The third-order valence-corrected chi connectivity index (χ3v) is 10.8. The molecule has 0 amide bonds. The highest BCUT2D eigenvalue weighted by Gasteiger charge is 2.85. The zero-order valence-electron chi connectivity index (χ0n) is 25.9. The number of benzene rings is 1. The molecule has 1 heterocycles. The SMILES string of the molecule is C[C@]12CC[C@@H]3c4ccc(OCCCN5CCNCC5)cc4CC[C@H]3[C@@H]1CC[C@@H]2OCCCOC(C(F)(F)F)(C(F)(F)F)C(F)(F)F. The minimum atomic E-state index is -6.73. The lowest BCUT2D eigenvalue weighted by atomic mass is 9.55. The van der Waals surface area contributed by atoms with Crippen molar-refractivity contribution < 1.29 is 53.7 Å². The Hall–Kier alpha value is -1.77. The molecule has 1 N–H and O–H groups in total. The Bertz CT molecular complexity index is 1130. The van der Waals surface area contributed by atoms with Crippen molar-refractivity contribution in [1.29, 1.82) is 0 Å². The molecule has 1 aromatic carbocycles. The molecule has 1 aromatic rings. The zero-order chi connectivity index (χ0) is 33.4. The fourth-order valence-electron chi connectivity index (χ4n) is 8.52. The maximum Gasteiger partial charge on any atom is 0.435 e. The summed E-state index contributed by atoms with van der Waals surface area (Å²) in [4.78, 5) is 2.44. The van der Waals surface area contributed by atoms with E-state index < -0.39 is 37.2 Å². The Labute approximate surface area is 263 Å². The van der Waals surface area contributed by atoms with Gasteiger partial charge in [-0.1, -0.05) is 13.0 Å². The van der Waals surface area contributed by atoms with Gasteiger partial charge in [0.25, 0.3) is 0 Å². The van der Waals surface area contributed by atoms with Crippen LogP contribution in [0.2, 0.25) is 0 Å². The smallest absolute Gasteiger partial charge is 0.435 e. The van der Waals surface area contributed by atoms with E-state index in [2.05, 4.69) is 34.0 Å². The average Bonchev–Trinajstić information content (AvgIpc) is 3.31. The molecule has 3 fully saturated rings. The predicted octanol–water partition coefficient (Wildman–Crippen LogP) is 7.43. The first-order valence-electron chi connectivity index (χ1n) is 16.2. The van der Waals surface area contributed by atoms with E-state index in [-0.39, 0.29) is 18.1 Å². The van der Waals surface area contributed by atoms with Gasteiger partial charge in [0.2, 0.25) is 0 Å². The minimum absolute atomic E-state index is 0.235. The van der Waals surface area contributed by atoms with Crippen molar-refractivity contribution in [3.63, 3.8) is 0 Å². The van der Waals surface area contributed by atoms with E-state index in [4.69, 9.17) is 9.47 Å². The molecule has 1 saturated heterocycles. The third-order valence-electron chi connectivity index (χ3n) is 10.8. The predicted molar refractivity (Wildman–Crippen MR) is 152 cm³/mol. The molecule has 1 aliphatic heterocycles. The number of rotatable bonds is 11. The topological polar surface area (TPSA) is 43.0 Å². The molecule has 0 radical (unpaired) electrons. The van der Waals surface area contributed by atoms with Gasteiger partial charge in [0, 0.05) is 39.3 Å². The quantitative estimate of drug-likeness (QED) is 0.195. The van der Waals surface area contributed by atoms with Crippen molar-refractivity contribution in [2.75, 3.05) is 52.5 Å². The van der Waals surface area contributed by atoms with Gasteiger partial charge in [0.1, 0.15) is 5.75 Å². The van der Waals surface area contributed by atoms with Crippen molar-refractivity contribution in [2.45, 2.75) is 94.4 Å². The number of piperazine rings is 1. The molecule has 0 aromatic heterocycles. The second-order valence-corrected chi connectivity index (χ2v) is 13.4. The monoisotopic (exact) mass is 674 g/mol. The van der Waals surface area contributed by atoms with Crippen molar-refractivity contribution in [1.82, 2.24) is 10.2 Å². The van der Waals surface area contributed by atoms with E-state index in [1.54, 1.807) is 0 Å². The lowest BCUT2D eigenvalue weighted by molar-refractivity contribution is -0.457. The number of halogens is 9. The largest absolute Gasteiger partial charge is 0.494 e. The van der Waals surface area contributed by atoms with Gasteiger partial charge in [0.15, 0.2) is 0 Å². The standard InChI is InChI=1S/C32H43F9N2O3/c1-28-11-10-24-23-7-5-22(44-17-2-14-43-15-12-42-13-16-43)20-21(23)4-6-25(24)26(28)8-9-27(28)45-18-3-19-46-29(30(33,34)35,31(36,37)38)32(39,40)41/h5,7,20,24-27,42H,2-4,6,8-19H2,1H3/t24-,25-,26+,27+,28+/m1/s1. The van der Waals surface area contributed by atoms with Crippen LogP contribution >= 0.6 is 0 Å². The lowest BCUT2D eigenvalue weighted by Gasteiger charge is -2.50. The number of hydrogen-bond acceptors (Lipinski definition) is 5. The van der Waals surface area contributed by atoms with Gasteiger partial charge in [-0.05, 0) is 97.8 Å². The van der Waals surface area contributed by atoms with Crippen LogP contribution in [0, 0.1) is 17.3 Å². The number of nitrogens with one attached hydrogen (secondary N) is 1. The first-order chi connectivity index (χ1) is 21.6. The van der Waals surface area contributed by atoms with Crippen LogP contribution in [0.1, 0.15) is 68.9 Å². The highest BCUT2D eigenvalue weighted by atomic mass is 19.4. The van der Waals surface area contributed by atoms with Gasteiger partial charge in [-0.25, -0.2) is 0 Å². The highest BCUT2D eigenvalue weighted by Crippen LogP contribution is 2.62. The van der Waals surface area contributed by atoms with Crippen LogP contribution in [-0.2, 0) is 15.9 Å². The van der Waals surface area contributed by atoms with Gasteiger partial charge in [-0.2, -0.15) is 39.5 Å². The third kappa shape index (κ3) is 6.87. The average molecular weight is 675 g/mol. The fraction of sp³-hybridized carbons (Fsp3) is 0.812. The van der Waals surface area contributed by atoms with E-state index in [0.29, 0.717) is 30.8 Å². The molecular weight excluding hydrogens is 631 g/mol. The molecule has 5 nitrogen and oxygen atoms in total. The second-order valence-electron chi connectivity index (χ2n) is 13.4. The van der Waals surface area contributed by atoms with Crippen LogP contribution in [0.4, 0.5) is 39.5 Å². The summed E-state index contributed by atoms with van der Waals surface area (Å²) in [6.45, 7) is 6.26. The first kappa shape index (κ1) is 35.5.